The van der Waals surface area contributed by atoms with Crippen molar-refractivity contribution < 1.29 is 13.2 Å². The lowest BCUT2D eigenvalue weighted by Gasteiger charge is -2.09. The van der Waals surface area contributed by atoms with E-state index < -0.39 is 9.84 Å². The predicted molar refractivity (Wildman–Crippen MR) is 73.2 cm³/mol. The van der Waals surface area contributed by atoms with E-state index in [4.69, 9.17) is 4.74 Å². The lowest BCUT2D eigenvalue weighted by Crippen LogP contribution is -2.24. The zero-order valence-electron chi connectivity index (χ0n) is 11.0. The Morgan fingerprint density at radius 3 is 2.50 bits per heavy atom. The van der Waals surface area contributed by atoms with Gasteiger partial charge in [-0.05, 0) is 11.1 Å². The van der Waals surface area contributed by atoms with Gasteiger partial charge in [0.1, 0.15) is 0 Å². The molecule has 0 saturated heterocycles. The molecule has 18 heavy (non-hydrogen) atoms. The summed E-state index contributed by atoms with van der Waals surface area (Å²) in [6.45, 7) is 3.39. The van der Waals surface area contributed by atoms with Crippen LogP contribution in [0.3, 0.4) is 0 Å². The van der Waals surface area contributed by atoms with Crippen molar-refractivity contribution in [2.75, 3.05) is 25.2 Å². The van der Waals surface area contributed by atoms with E-state index in [0.29, 0.717) is 19.7 Å². The largest absolute Gasteiger partial charge is 0.380 e. The van der Waals surface area contributed by atoms with E-state index in [9.17, 15) is 8.42 Å². The number of benzene rings is 1. The van der Waals surface area contributed by atoms with E-state index in [1.807, 2.05) is 24.3 Å². The third-order valence-electron chi connectivity index (χ3n) is 2.76. The highest BCUT2D eigenvalue weighted by Crippen LogP contribution is 2.09. The number of methoxy groups -OCH3 is 1. The molecule has 0 aliphatic heterocycles. The third kappa shape index (κ3) is 5.16. The van der Waals surface area contributed by atoms with Crippen molar-refractivity contribution in [2.45, 2.75) is 20.1 Å². The van der Waals surface area contributed by atoms with Gasteiger partial charge in [-0.15, -0.1) is 0 Å². The van der Waals surface area contributed by atoms with Crippen LogP contribution in [0, 0.1) is 0 Å². The van der Waals surface area contributed by atoms with E-state index in [1.54, 1.807) is 14.0 Å². The lowest BCUT2D eigenvalue weighted by molar-refractivity contribution is 0.184. The van der Waals surface area contributed by atoms with E-state index in [0.717, 1.165) is 11.1 Å². The van der Waals surface area contributed by atoms with Gasteiger partial charge in [0, 0.05) is 26.0 Å². The first-order valence-corrected chi connectivity index (χ1v) is 7.88. The Morgan fingerprint density at radius 2 is 1.89 bits per heavy atom. The lowest BCUT2D eigenvalue weighted by atomic mass is 10.1. The van der Waals surface area contributed by atoms with E-state index in [1.165, 1.54) is 0 Å². The van der Waals surface area contributed by atoms with Gasteiger partial charge < -0.3 is 10.1 Å². The Balaban J connectivity index is 2.44. The SMILES string of the molecule is CCS(=O)(=O)CCNCc1ccccc1COC. The Kier molecular flexibility index (Phi) is 6.32. The van der Waals surface area contributed by atoms with Crippen LogP contribution in [0.15, 0.2) is 24.3 Å². The molecule has 0 fully saturated rings. The highest BCUT2D eigenvalue weighted by atomic mass is 32.2. The van der Waals surface area contributed by atoms with Crippen LogP contribution in [0.2, 0.25) is 0 Å². The van der Waals surface area contributed by atoms with Gasteiger partial charge in [0.05, 0.1) is 12.4 Å². The monoisotopic (exact) mass is 271 g/mol. The van der Waals surface area contributed by atoms with Crippen molar-refractivity contribution >= 4 is 9.84 Å². The molecule has 1 rings (SSSR count). The van der Waals surface area contributed by atoms with Crippen molar-refractivity contribution in [1.82, 2.24) is 5.32 Å². The van der Waals surface area contributed by atoms with Crippen molar-refractivity contribution in [3.63, 3.8) is 0 Å². The third-order valence-corrected chi connectivity index (χ3v) is 4.47. The fraction of sp³-hybridized carbons (Fsp3) is 0.538. The van der Waals surface area contributed by atoms with Gasteiger partial charge in [-0.25, -0.2) is 8.42 Å². The molecule has 102 valence electrons. The molecule has 1 aromatic rings. The van der Waals surface area contributed by atoms with Gasteiger partial charge in [0.15, 0.2) is 9.84 Å². The molecule has 4 nitrogen and oxygen atoms in total. The molecular weight excluding hydrogens is 250 g/mol. The number of ether oxygens (including phenoxy) is 1. The fourth-order valence-electron chi connectivity index (χ4n) is 1.62. The summed E-state index contributed by atoms with van der Waals surface area (Å²) in [6.07, 6.45) is 0. The number of rotatable bonds is 8. The van der Waals surface area contributed by atoms with Gasteiger partial charge >= 0.3 is 0 Å². The first kappa shape index (κ1) is 15.1. The van der Waals surface area contributed by atoms with Crippen LogP contribution in [-0.2, 0) is 27.7 Å². The van der Waals surface area contributed by atoms with E-state index in [2.05, 4.69) is 5.32 Å². The van der Waals surface area contributed by atoms with Crippen molar-refractivity contribution in [3.05, 3.63) is 35.4 Å². The summed E-state index contributed by atoms with van der Waals surface area (Å²) in [6, 6.07) is 7.98. The topological polar surface area (TPSA) is 55.4 Å². The Hall–Kier alpha value is -0.910. The molecule has 0 aromatic heterocycles. The maximum atomic E-state index is 11.3. The Labute approximate surface area is 109 Å². The molecule has 0 amide bonds. The minimum atomic E-state index is -2.88. The van der Waals surface area contributed by atoms with Crippen molar-refractivity contribution in [3.8, 4) is 0 Å². The number of sulfone groups is 1. The molecule has 0 atom stereocenters. The maximum absolute atomic E-state index is 11.3. The van der Waals surface area contributed by atoms with E-state index >= 15 is 0 Å². The molecule has 0 saturated carbocycles. The highest BCUT2D eigenvalue weighted by Gasteiger charge is 2.06. The quantitative estimate of drug-likeness (QED) is 0.725. The Morgan fingerprint density at radius 1 is 1.22 bits per heavy atom. The molecule has 5 heteroatoms. The zero-order valence-corrected chi connectivity index (χ0v) is 11.8. The molecule has 0 aliphatic rings. The zero-order chi connectivity index (χ0) is 13.4. The summed E-state index contributed by atoms with van der Waals surface area (Å²) >= 11 is 0. The van der Waals surface area contributed by atoms with Gasteiger partial charge in [0.2, 0.25) is 0 Å². The summed E-state index contributed by atoms with van der Waals surface area (Å²) in [7, 11) is -1.22. The second-order valence-electron chi connectivity index (χ2n) is 4.11. The van der Waals surface area contributed by atoms with Gasteiger partial charge in [-0.2, -0.15) is 0 Å². The van der Waals surface area contributed by atoms with E-state index in [-0.39, 0.29) is 11.5 Å². The first-order chi connectivity index (χ1) is 8.59. The van der Waals surface area contributed by atoms with Crippen LogP contribution in [0.1, 0.15) is 18.1 Å². The summed E-state index contributed by atoms with van der Waals surface area (Å²) in [5.41, 5.74) is 2.28. The number of nitrogens with one attached hydrogen (secondary N) is 1. The summed E-state index contributed by atoms with van der Waals surface area (Å²) in [4.78, 5) is 0. The van der Waals surface area contributed by atoms with Crippen molar-refractivity contribution in [1.29, 1.82) is 0 Å². The van der Waals surface area contributed by atoms with Gasteiger partial charge in [-0.1, -0.05) is 31.2 Å². The molecule has 1 N–H and O–H groups in total. The number of hydrogen-bond donors (Lipinski definition) is 1. The van der Waals surface area contributed by atoms with Crippen LogP contribution in [-0.4, -0.2) is 33.6 Å². The normalized spacial score (nSPS) is 11.7. The molecular formula is C13H21NO3S. The Bertz CT molecular complexity index is 457. The molecule has 0 spiro atoms. The molecule has 1 aromatic carbocycles. The number of hydrogen-bond acceptors (Lipinski definition) is 4. The molecule has 0 bridgehead atoms. The fourth-order valence-corrected chi connectivity index (χ4v) is 2.37. The first-order valence-electron chi connectivity index (χ1n) is 6.06. The maximum Gasteiger partial charge on any atom is 0.151 e. The molecule has 0 heterocycles. The van der Waals surface area contributed by atoms with Crippen LogP contribution in [0.25, 0.3) is 0 Å². The average Bonchev–Trinajstić information content (AvgIpc) is 2.37. The molecule has 0 radical (unpaired) electrons. The average molecular weight is 271 g/mol. The van der Waals surface area contributed by atoms with Gasteiger partial charge in [0.25, 0.3) is 0 Å². The van der Waals surface area contributed by atoms with Crippen LogP contribution >= 0.6 is 0 Å². The predicted octanol–water partition coefficient (Wildman–Crippen LogP) is 1.36. The molecule has 0 unspecified atom stereocenters. The molecule has 0 aliphatic carbocycles. The summed E-state index contributed by atoms with van der Waals surface area (Å²) in [5.74, 6) is 0.394. The van der Waals surface area contributed by atoms with Gasteiger partial charge in [-0.3, -0.25) is 0 Å². The minimum Gasteiger partial charge on any atom is -0.380 e. The summed E-state index contributed by atoms with van der Waals surface area (Å²) < 4.78 is 27.8. The highest BCUT2D eigenvalue weighted by molar-refractivity contribution is 7.91. The van der Waals surface area contributed by atoms with Crippen molar-refractivity contribution in [2.24, 2.45) is 0 Å². The second kappa shape index (κ2) is 7.51. The van der Waals surface area contributed by atoms with Crippen LogP contribution in [0.4, 0.5) is 0 Å². The van der Waals surface area contributed by atoms with Crippen LogP contribution < -0.4 is 5.32 Å². The smallest absolute Gasteiger partial charge is 0.151 e. The standard InChI is InChI=1S/C13H21NO3S/c1-3-18(15,16)9-8-14-10-12-6-4-5-7-13(12)11-17-2/h4-7,14H,3,8-11H2,1-2H3. The summed E-state index contributed by atoms with van der Waals surface area (Å²) in [5, 5.41) is 3.16. The van der Waals surface area contributed by atoms with Crippen LogP contribution in [0.5, 0.6) is 0 Å². The minimum absolute atomic E-state index is 0.190. The second-order valence-corrected chi connectivity index (χ2v) is 6.59.